The third kappa shape index (κ3) is 2.22. The maximum Gasteiger partial charge on any atom is 0.450 e. The van der Waals surface area contributed by atoms with Crippen molar-refractivity contribution < 1.29 is 18.0 Å². The number of carbonyl (C=O) groups is 1. The van der Waals surface area contributed by atoms with Crippen LogP contribution < -0.4 is 0 Å². The summed E-state index contributed by atoms with van der Waals surface area (Å²) in [7, 11) is 0. The second-order valence-corrected chi connectivity index (χ2v) is 3.20. The van der Waals surface area contributed by atoms with Gasteiger partial charge < -0.3 is 0 Å². The highest BCUT2D eigenvalue weighted by Gasteiger charge is 2.43. The third-order valence-electron chi connectivity index (χ3n) is 2.26. The van der Waals surface area contributed by atoms with Gasteiger partial charge in [0, 0.05) is 5.92 Å². The van der Waals surface area contributed by atoms with Crippen LogP contribution in [0.3, 0.4) is 0 Å². The van der Waals surface area contributed by atoms with E-state index in [-0.39, 0.29) is 0 Å². The number of ketones is 1. The second-order valence-electron chi connectivity index (χ2n) is 3.20. The van der Waals surface area contributed by atoms with Crippen LogP contribution in [-0.4, -0.2) is 12.0 Å². The van der Waals surface area contributed by atoms with Gasteiger partial charge in [-0.15, -0.1) is 0 Å². The molecule has 0 heterocycles. The maximum atomic E-state index is 11.9. The van der Waals surface area contributed by atoms with Crippen molar-refractivity contribution in [3.63, 3.8) is 0 Å². The van der Waals surface area contributed by atoms with Crippen LogP contribution in [-0.2, 0) is 4.79 Å². The normalized spacial score (nSPS) is 20.9. The molecular weight excluding hydrogens is 169 g/mol. The van der Waals surface area contributed by atoms with Gasteiger partial charge in [0.05, 0.1) is 0 Å². The molecule has 0 bridgehead atoms. The first-order valence-corrected chi connectivity index (χ1v) is 4.13. The molecule has 1 aliphatic carbocycles. The van der Waals surface area contributed by atoms with Crippen molar-refractivity contribution in [2.75, 3.05) is 0 Å². The molecule has 0 unspecified atom stereocenters. The summed E-state index contributed by atoms with van der Waals surface area (Å²) in [6.07, 6.45) is -1.32. The predicted molar refractivity (Wildman–Crippen MR) is 37.6 cm³/mol. The van der Waals surface area contributed by atoms with E-state index in [1.165, 1.54) is 0 Å². The number of rotatable bonds is 1. The predicted octanol–water partition coefficient (Wildman–Crippen LogP) is 2.70. The second kappa shape index (κ2) is 3.46. The van der Waals surface area contributed by atoms with Crippen LogP contribution in [0.1, 0.15) is 32.1 Å². The quantitative estimate of drug-likeness (QED) is 0.606. The first kappa shape index (κ1) is 9.55. The standard InChI is InChI=1S/C8H11F3O/c9-8(10,11)7(12)6-4-2-1-3-5-6/h6H,1-5H2. The van der Waals surface area contributed by atoms with Gasteiger partial charge in [0.2, 0.25) is 5.78 Å². The SMILES string of the molecule is O=C(C1CCCCC1)C(F)(F)F. The van der Waals surface area contributed by atoms with E-state index in [1.54, 1.807) is 0 Å². The van der Waals surface area contributed by atoms with E-state index in [0.29, 0.717) is 12.8 Å². The minimum Gasteiger partial charge on any atom is -0.289 e. The van der Waals surface area contributed by atoms with E-state index in [2.05, 4.69) is 0 Å². The summed E-state index contributed by atoms with van der Waals surface area (Å²) < 4.78 is 35.7. The first-order valence-electron chi connectivity index (χ1n) is 4.13. The molecule has 0 spiro atoms. The summed E-state index contributed by atoms with van der Waals surface area (Å²) >= 11 is 0. The minimum atomic E-state index is -4.62. The van der Waals surface area contributed by atoms with Crippen molar-refractivity contribution in [2.45, 2.75) is 38.3 Å². The van der Waals surface area contributed by atoms with Crippen molar-refractivity contribution in [1.82, 2.24) is 0 Å². The fraction of sp³-hybridized carbons (Fsp3) is 0.875. The molecule has 0 amide bonds. The highest BCUT2D eigenvalue weighted by molar-refractivity contribution is 5.86. The zero-order valence-electron chi connectivity index (χ0n) is 6.66. The van der Waals surface area contributed by atoms with Crippen LogP contribution in [0.15, 0.2) is 0 Å². The Morgan fingerprint density at radius 2 is 1.58 bits per heavy atom. The zero-order valence-corrected chi connectivity index (χ0v) is 6.66. The lowest BCUT2D eigenvalue weighted by atomic mass is 9.86. The van der Waals surface area contributed by atoms with Crippen LogP contribution in [0.4, 0.5) is 13.2 Å². The summed E-state index contributed by atoms with van der Waals surface area (Å²) in [4.78, 5) is 10.7. The highest BCUT2D eigenvalue weighted by Crippen LogP contribution is 2.30. The minimum absolute atomic E-state index is 0.415. The Morgan fingerprint density at radius 3 is 2.00 bits per heavy atom. The summed E-state index contributed by atoms with van der Waals surface area (Å²) in [6, 6.07) is 0. The molecule has 1 rings (SSSR count). The Kier molecular flexibility index (Phi) is 2.75. The third-order valence-corrected chi connectivity index (χ3v) is 2.26. The van der Waals surface area contributed by atoms with Crippen LogP contribution in [0.2, 0.25) is 0 Å². The summed E-state index contributed by atoms with van der Waals surface area (Å²) in [5.41, 5.74) is 0. The smallest absolute Gasteiger partial charge is 0.289 e. The lowest BCUT2D eigenvalue weighted by Gasteiger charge is -2.20. The summed E-state index contributed by atoms with van der Waals surface area (Å²) in [6.45, 7) is 0. The van der Waals surface area contributed by atoms with Crippen LogP contribution in [0.25, 0.3) is 0 Å². The molecule has 0 aromatic rings. The summed E-state index contributed by atoms with van der Waals surface area (Å²) in [5.74, 6) is -2.28. The van der Waals surface area contributed by atoms with Crippen molar-refractivity contribution >= 4 is 5.78 Å². The summed E-state index contributed by atoms with van der Waals surface area (Å²) in [5, 5.41) is 0. The molecule has 0 aromatic heterocycles. The highest BCUT2D eigenvalue weighted by atomic mass is 19.4. The van der Waals surface area contributed by atoms with E-state index >= 15 is 0 Å². The maximum absolute atomic E-state index is 11.9. The molecule has 1 saturated carbocycles. The average molecular weight is 180 g/mol. The molecule has 1 aliphatic rings. The van der Waals surface area contributed by atoms with Crippen molar-refractivity contribution in [2.24, 2.45) is 5.92 Å². The zero-order chi connectivity index (χ0) is 9.19. The largest absolute Gasteiger partial charge is 0.450 e. The van der Waals surface area contributed by atoms with Gasteiger partial charge >= 0.3 is 6.18 Å². The van der Waals surface area contributed by atoms with Gasteiger partial charge in [0.15, 0.2) is 0 Å². The Balaban J connectivity index is 2.51. The molecule has 0 aromatic carbocycles. The molecular formula is C8H11F3O. The first-order chi connectivity index (χ1) is 5.52. The molecule has 70 valence electrons. The Labute approximate surface area is 68.9 Å². The van der Waals surface area contributed by atoms with Gasteiger partial charge in [-0.05, 0) is 12.8 Å². The molecule has 4 heteroatoms. The molecule has 0 saturated heterocycles. The van der Waals surface area contributed by atoms with Crippen molar-refractivity contribution in [1.29, 1.82) is 0 Å². The van der Waals surface area contributed by atoms with Gasteiger partial charge in [-0.1, -0.05) is 19.3 Å². The van der Waals surface area contributed by atoms with Crippen molar-refractivity contribution in [3.8, 4) is 0 Å². The van der Waals surface area contributed by atoms with Gasteiger partial charge in [0.1, 0.15) is 0 Å². The van der Waals surface area contributed by atoms with E-state index in [0.717, 1.165) is 19.3 Å². The van der Waals surface area contributed by atoms with Crippen LogP contribution >= 0.6 is 0 Å². The number of hydrogen-bond donors (Lipinski definition) is 0. The van der Waals surface area contributed by atoms with E-state index < -0.39 is 17.9 Å². The fourth-order valence-electron chi connectivity index (χ4n) is 1.60. The molecule has 0 atom stereocenters. The number of carbonyl (C=O) groups excluding carboxylic acids is 1. The van der Waals surface area contributed by atoms with Gasteiger partial charge in [-0.3, -0.25) is 4.79 Å². The number of alkyl halides is 3. The van der Waals surface area contributed by atoms with E-state index in [1.807, 2.05) is 0 Å². The van der Waals surface area contributed by atoms with Gasteiger partial charge in [0.25, 0.3) is 0 Å². The molecule has 0 N–H and O–H groups in total. The lowest BCUT2D eigenvalue weighted by Crippen LogP contribution is -2.31. The van der Waals surface area contributed by atoms with Crippen LogP contribution in [0, 0.1) is 5.92 Å². The Bertz CT molecular complexity index is 168. The number of Topliss-reactive ketones (excluding diaryl/α,β-unsaturated/α-hetero) is 1. The monoisotopic (exact) mass is 180 g/mol. The Hall–Kier alpha value is -0.540. The lowest BCUT2D eigenvalue weighted by molar-refractivity contribution is -0.176. The fourth-order valence-corrected chi connectivity index (χ4v) is 1.60. The number of hydrogen-bond acceptors (Lipinski definition) is 1. The van der Waals surface area contributed by atoms with Gasteiger partial charge in [-0.25, -0.2) is 0 Å². The molecule has 0 aliphatic heterocycles. The Morgan fingerprint density at radius 1 is 1.08 bits per heavy atom. The molecule has 0 radical (unpaired) electrons. The van der Waals surface area contributed by atoms with Crippen molar-refractivity contribution in [3.05, 3.63) is 0 Å². The molecule has 1 fully saturated rings. The van der Waals surface area contributed by atoms with E-state index in [4.69, 9.17) is 0 Å². The van der Waals surface area contributed by atoms with Gasteiger partial charge in [-0.2, -0.15) is 13.2 Å². The van der Waals surface area contributed by atoms with E-state index in [9.17, 15) is 18.0 Å². The topological polar surface area (TPSA) is 17.1 Å². The number of halogens is 3. The molecule has 12 heavy (non-hydrogen) atoms. The van der Waals surface area contributed by atoms with Crippen LogP contribution in [0.5, 0.6) is 0 Å². The molecule has 1 nitrogen and oxygen atoms in total. The average Bonchev–Trinajstić information content (AvgIpc) is 2.03.